The molecule has 3 nitrogen and oxygen atoms in total. The van der Waals surface area contributed by atoms with Crippen molar-refractivity contribution < 1.29 is 0 Å². The van der Waals surface area contributed by atoms with Crippen LogP contribution in [0.3, 0.4) is 0 Å². The van der Waals surface area contributed by atoms with Gasteiger partial charge in [0.05, 0.1) is 6.54 Å². The van der Waals surface area contributed by atoms with Crippen molar-refractivity contribution in [3.63, 3.8) is 0 Å². The summed E-state index contributed by atoms with van der Waals surface area (Å²) in [5, 5.41) is 7.16. The fourth-order valence-corrected chi connectivity index (χ4v) is 3.48. The summed E-state index contributed by atoms with van der Waals surface area (Å²) in [6, 6.07) is 41.6. The molecule has 0 bridgehead atoms. The Hall–Kier alpha value is -4.11. The predicted molar refractivity (Wildman–Crippen MR) is 139 cm³/mol. The summed E-state index contributed by atoms with van der Waals surface area (Å²) in [5.41, 5.74) is 5.80. The molecule has 164 valence electrons. The summed E-state index contributed by atoms with van der Waals surface area (Å²) >= 11 is 0. The monoisotopic (exact) mass is 431 g/mol. The van der Waals surface area contributed by atoms with Crippen LogP contribution in [-0.4, -0.2) is 5.84 Å². The molecule has 33 heavy (non-hydrogen) atoms. The predicted octanol–water partition coefficient (Wildman–Crippen LogP) is 6.21. The lowest BCUT2D eigenvalue weighted by molar-refractivity contribution is 0.881. The van der Waals surface area contributed by atoms with Gasteiger partial charge in [0.15, 0.2) is 0 Å². The van der Waals surface area contributed by atoms with E-state index in [9.17, 15) is 0 Å². The number of rotatable bonds is 9. The van der Waals surface area contributed by atoms with E-state index in [-0.39, 0.29) is 0 Å². The molecule has 0 aliphatic rings. The highest BCUT2D eigenvalue weighted by Crippen LogP contribution is 2.13. The number of hydrogen-bond donors (Lipinski definition) is 2. The molecule has 0 aliphatic heterocycles. The van der Waals surface area contributed by atoms with Gasteiger partial charge in [0.1, 0.15) is 5.84 Å². The molecule has 0 fully saturated rings. The van der Waals surface area contributed by atoms with Crippen LogP contribution in [0.4, 0.5) is 0 Å². The Balaban J connectivity index is 1.60. The van der Waals surface area contributed by atoms with Gasteiger partial charge in [-0.1, -0.05) is 121 Å². The number of nitrogens with one attached hydrogen (secondary N) is 2. The van der Waals surface area contributed by atoms with Gasteiger partial charge < -0.3 is 10.6 Å². The maximum Gasteiger partial charge on any atom is 0.123 e. The Kier molecular flexibility index (Phi) is 8.08. The molecule has 0 aromatic heterocycles. The molecule has 0 radical (unpaired) electrons. The fraction of sp³-hybridized carbons (Fsp3) is 0.100. The van der Waals surface area contributed by atoms with Crippen LogP contribution in [0.2, 0.25) is 0 Å². The van der Waals surface area contributed by atoms with Gasteiger partial charge in [-0.2, -0.15) is 0 Å². The van der Waals surface area contributed by atoms with Crippen molar-refractivity contribution in [1.29, 1.82) is 0 Å². The highest BCUT2D eigenvalue weighted by atomic mass is 15.0. The molecule has 0 heterocycles. The second-order valence-corrected chi connectivity index (χ2v) is 7.79. The first-order valence-corrected chi connectivity index (χ1v) is 11.3. The quantitative estimate of drug-likeness (QED) is 0.244. The summed E-state index contributed by atoms with van der Waals surface area (Å²) in [6.45, 7) is 2.08. The van der Waals surface area contributed by atoms with Gasteiger partial charge in [-0.05, 0) is 22.3 Å². The van der Waals surface area contributed by atoms with Gasteiger partial charge in [0, 0.05) is 24.9 Å². The van der Waals surface area contributed by atoms with Crippen LogP contribution in [0.25, 0.3) is 5.70 Å². The lowest BCUT2D eigenvalue weighted by Gasteiger charge is -2.14. The third-order valence-electron chi connectivity index (χ3n) is 5.28. The molecule has 0 saturated carbocycles. The maximum absolute atomic E-state index is 4.92. The van der Waals surface area contributed by atoms with Crippen LogP contribution < -0.4 is 10.6 Å². The molecule has 0 atom stereocenters. The molecule has 0 amide bonds. The first-order valence-electron chi connectivity index (χ1n) is 11.3. The minimum atomic E-state index is 0.620. The molecule has 4 aromatic rings. The van der Waals surface area contributed by atoms with Crippen molar-refractivity contribution in [2.75, 3.05) is 0 Å². The zero-order valence-corrected chi connectivity index (χ0v) is 18.7. The van der Waals surface area contributed by atoms with Gasteiger partial charge in [0.2, 0.25) is 0 Å². The van der Waals surface area contributed by atoms with Crippen LogP contribution >= 0.6 is 0 Å². The maximum atomic E-state index is 4.92. The van der Waals surface area contributed by atoms with Gasteiger partial charge in [-0.25, -0.2) is 0 Å². The summed E-state index contributed by atoms with van der Waals surface area (Å²) in [5.74, 6) is 0.849. The Labute approximate surface area is 196 Å². The molecule has 0 saturated heterocycles. The van der Waals surface area contributed by atoms with E-state index in [0.717, 1.165) is 23.6 Å². The third kappa shape index (κ3) is 7.22. The molecular formula is C30H29N3. The smallest absolute Gasteiger partial charge is 0.123 e. The van der Waals surface area contributed by atoms with Crippen LogP contribution in [0.1, 0.15) is 22.3 Å². The molecule has 3 heteroatoms. The minimum Gasteiger partial charge on any atom is -0.380 e. The summed E-state index contributed by atoms with van der Waals surface area (Å²) in [6.07, 6.45) is 2.12. The SMILES string of the molecule is C(/C(=NCc1ccccc1)NCc1ccccc1)=C(/NCc1ccccc1)c1ccccc1. The van der Waals surface area contributed by atoms with E-state index in [1.807, 2.05) is 24.3 Å². The van der Waals surface area contributed by atoms with Gasteiger partial charge in [0.25, 0.3) is 0 Å². The summed E-state index contributed by atoms with van der Waals surface area (Å²) in [7, 11) is 0. The van der Waals surface area contributed by atoms with Crippen LogP contribution in [-0.2, 0) is 19.6 Å². The molecule has 0 spiro atoms. The van der Waals surface area contributed by atoms with Gasteiger partial charge in [-0.3, -0.25) is 4.99 Å². The van der Waals surface area contributed by atoms with Crippen molar-refractivity contribution in [3.05, 3.63) is 150 Å². The molecule has 0 unspecified atom stereocenters. The van der Waals surface area contributed by atoms with E-state index in [2.05, 4.69) is 114 Å². The highest BCUT2D eigenvalue weighted by Gasteiger charge is 2.05. The van der Waals surface area contributed by atoms with Crippen molar-refractivity contribution in [3.8, 4) is 0 Å². The second-order valence-electron chi connectivity index (χ2n) is 7.79. The van der Waals surface area contributed by atoms with E-state index < -0.39 is 0 Å². The average molecular weight is 432 g/mol. The number of hydrogen-bond acceptors (Lipinski definition) is 2. The highest BCUT2D eigenvalue weighted by molar-refractivity contribution is 5.99. The fourth-order valence-electron chi connectivity index (χ4n) is 3.48. The largest absolute Gasteiger partial charge is 0.380 e. The molecule has 2 N–H and O–H groups in total. The van der Waals surface area contributed by atoms with Crippen LogP contribution in [0.15, 0.2) is 132 Å². The van der Waals surface area contributed by atoms with E-state index in [1.54, 1.807) is 0 Å². The van der Waals surface area contributed by atoms with E-state index in [4.69, 9.17) is 4.99 Å². The first-order chi connectivity index (χ1) is 16.4. The van der Waals surface area contributed by atoms with Crippen LogP contribution in [0, 0.1) is 0 Å². The molecular weight excluding hydrogens is 402 g/mol. The Morgan fingerprint density at radius 2 is 1.00 bits per heavy atom. The Bertz CT molecular complexity index is 1150. The van der Waals surface area contributed by atoms with Crippen molar-refractivity contribution in [2.45, 2.75) is 19.6 Å². The summed E-state index contributed by atoms with van der Waals surface area (Å²) in [4.78, 5) is 4.92. The zero-order valence-electron chi connectivity index (χ0n) is 18.7. The standard InChI is InChI=1S/C30H29N3/c1-5-13-25(14-6-1)22-31-29(28-19-11-4-12-20-28)21-30(32-23-26-15-7-2-8-16-26)33-24-27-17-9-3-10-18-27/h1-21,31H,22-24H2,(H,32,33)/b29-21-. The lowest BCUT2D eigenvalue weighted by Crippen LogP contribution is -2.23. The Morgan fingerprint density at radius 1 is 0.545 bits per heavy atom. The number of benzene rings is 4. The molecule has 0 aliphatic carbocycles. The van der Waals surface area contributed by atoms with Crippen molar-refractivity contribution in [1.82, 2.24) is 10.6 Å². The second kappa shape index (κ2) is 12.1. The minimum absolute atomic E-state index is 0.620. The zero-order chi connectivity index (χ0) is 22.6. The third-order valence-corrected chi connectivity index (χ3v) is 5.28. The van der Waals surface area contributed by atoms with Crippen molar-refractivity contribution in [2.24, 2.45) is 4.99 Å². The lowest BCUT2D eigenvalue weighted by atomic mass is 10.1. The van der Waals surface area contributed by atoms with Gasteiger partial charge in [-0.15, -0.1) is 0 Å². The van der Waals surface area contributed by atoms with E-state index in [1.165, 1.54) is 16.7 Å². The first kappa shape index (κ1) is 22.1. The topological polar surface area (TPSA) is 36.4 Å². The van der Waals surface area contributed by atoms with Crippen molar-refractivity contribution >= 4 is 11.5 Å². The van der Waals surface area contributed by atoms with Crippen LogP contribution in [0.5, 0.6) is 0 Å². The number of aliphatic imine (C=N–C) groups is 1. The Morgan fingerprint density at radius 3 is 1.55 bits per heavy atom. The number of nitrogens with zero attached hydrogens (tertiary/aromatic N) is 1. The summed E-state index contributed by atoms with van der Waals surface area (Å²) < 4.78 is 0. The van der Waals surface area contributed by atoms with Gasteiger partial charge >= 0.3 is 0 Å². The number of amidine groups is 1. The van der Waals surface area contributed by atoms with E-state index >= 15 is 0 Å². The molecule has 4 rings (SSSR count). The van der Waals surface area contributed by atoms with E-state index in [0.29, 0.717) is 13.1 Å². The normalized spacial score (nSPS) is 11.8. The average Bonchev–Trinajstić information content (AvgIpc) is 2.90. The molecule has 4 aromatic carbocycles.